The summed E-state index contributed by atoms with van der Waals surface area (Å²) in [6.45, 7) is 2.41. The third-order valence-corrected chi connectivity index (χ3v) is 4.76. The summed E-state index contributed by atoms with van der Waals surface area (Å²) in [6.07, 6.45) is 1.22. The molecule has 0 aliphatic rings. The average Bonchev–Trinajstić information content (AvgIpc) is 2.79. The van der Waals surface area contributed by atoms with E-state index in [-0.39, 0.29) is 42.5 Å². The quantitative estimate of drug-likeness (QED) is 0.552. The minimum atomic E-state index is -0.369. The fraction of sp³-hybridized carbons (Fsp3) is 0.304. The van der Waals surface area contributed by atoms with Crippen molar-refractivity contribution in [3.05, 3.63) is 64.6 Å². The van der Waals surface area contributed by atoms with Gasteiger partial charge >= 0.3 is 0 Å². The summed E-state index contributed by atoms with van der Waals surface area (Å²) >= 11 is 0. The molecule has 1 heterocycles. The van der Waals surface area contributed by atoms with E-state index in [0.29, 0.717) is 29.0 Å². The number of anilines is 1. The predicted octanol–water partition coefficient (Wildman–Crippen LogP) is 2.50. The van der Waals surface area contributed by atoms with Crippen LogP contribution in [0.1, 0.15) is 25.5 Å². The van der Waals surface area contributed by atoms with Crippen LogP contribution in [0.5, 0.6) is 5.75 Å². The Balaban J connectivity index is 1.82. The van der Waals surface area contributed by atoms with Gasteiger partial charge in [-0.15, -0.1) is 0 Å². The Morgan fingerprint density at radius 2 is 1.81 bits per heavy atom. The molecule has 0 bridgehead atoms. The summed E-state index contributed by atoms with van der Waals surface area (Å²) in [6, 6.07) is 14.1. The third-order valence-electron chi connectivity index (χ3n) is 4.76. The number of hydrogen-bond acceptors (Lipinski definition) is 5. The first-order valence-corrected chi connectivity index (χ1v) is 10.2. The van der Waals surface area contributed by atoms with E-state index in [4.69, 9.17) is 4.74 Å². The molecular formula is C23H26N4O4. The minimum Gasteiger partial charge on any atom is -0.497 e. The topological polar surface area (TPSA) is 102 Å². The van der Waals surface area contributed by atoms with Crippen molar-refractivity contribution < 1.29 is 14.3 Å². The molecule has 1 aromatic heterocycles. The second-order valence-corrected chi connectivity index (χ2v) is 7.07. The number of carbonyl (C=O) groups is 2. The van der Waals surface area contributed by atoms with Crippen molar-refractivity contribution in [2.24, 2.45) is 0 Å². The molecule has 3 aromatic rings. The smallest absolute Gasteiger partial charge is 0.273 e. The van der Waals surface area contributed by atoms with Crippen LogP contribution >= 0.6 is 0 Å². The third kappa shape index (κ3) is 5.69. The average molecular weight is 422 g/mol. The van der Waals surface area contributed by atoms with E-state index in [1.54, 1.807) is 49.6 Å². The zero-order valence-corrected chi connectivity index (χ0v) is 17.7. The highest BCUT2D eigenvalue weighted by atomic mass is 16.5. The van der Waals surface area contributed by atoms with Gasteiger partial charge in [-0.3, -0.25) is 19.0 Å². The van der Waals surface area contributed by atoms with Crippen molar-refractivity contribution in [3.8, 4) is 5.75 Å². The number of carbonyl (C=O) groups excluding carboxylic acids is 2. The van der Waals surface area contributed by atoms with E-state index in [1.807, 2.05) is 13.0 Å². The van der Waals surface area contributed by atoms with Crippen LogP contribution in [0.15, 0.2) is 53.3 Å². The molecule has 31 heavy (non-hydrogen) atoms. The van der Waals surface area contributed by atoms with Crippen LogP contribution in [-0.4, -0.2) is 35.0 Å². The first-order valence-electron chi connectivity index (χ1n) is 10.2. The Morgan fingerprint density at radius 1 is 1.06 bits per heavy atom. The van der Waals surface area contributed by atoms with Gasteiger partial charge in [-0.1, -0.05) is 19.1 Å². The van der Waals surface area contributed by atoms with E-state index in [1.165, 1.54) is 4.57 Å². The summed E-state index contributed by atoms with van der Waals surface area (Å²) in [5.41, 5.74) is 1.67. The zero-order valence-electron chi connectivity index (χ0n) is 17.7. The number of nitrogens with zero attached hydrogens (tertiary/aromatic N) is 2. The summed E-state index contributed by atoms with van der Waals surface area (Å²) in [4.78, 5) is 42.1. The number of ether oxygens (including phenoxy) is 1. The van der Waals surface area contributed by atoms with Crippen LogP contribution in [-0.2, 0) is 22.6 Å². The molecule has 0 atom stereocenters. The van der Waals surface area contributed by atoms with Crippen molar-refractivity contribution >= 4 is 28.5 Å². The highest BCUT2D eigenvalue weighted by molar-refractivity contribution is 5.91. The van der Waals surface area contributed by atoms with Gasteiger partial charge in [-0.25, -0.2) is 4.98 Å². The van der Waals surface area contributed by atoms with Gasteiger partial charge < -0.3 is 15.4 Å². The van der Waals surface area contributed by atoms with E-state index >= 15 is 0 Å². The lowest BCUT2D eigenvalue weighted by Gasteiger charge is -2.13. The number of amides is 2. The fourth-order valence-corrected chi connectivity index (χ4v) is 3.17. The van der Waals surface area contributed by atoms with Gasteiger partial charge in [-0.2, -0.15) is 0 Å². The lowest BCUT2D eigenvalue weighted by molar-refractivity contribution is -0.121. The number of aromatic nitrogens is 2. The van der Waals surface area contributed by atoms with Gasteiger partial charge in [0.25, 0.3) is 5.56 Å². The molecular weight excluding hydrogens is 396 g/mol. The van der Waals surface area contributed by atoms with E-state index in [2.05, 4.69) is 15.6 Å². The SMILES string of the molecule is CCCNC(=O)CCc1nc2ccccc2n(CC(=O)Nc2ccc(OC)cc2)c1=O. The van der Waals surface area contributed by atoms with Crippen LogP contribution in [0.3, 0.4) is 0 Å². The summed E-state index contributed by atoms with van der Waals surface area (Å²) < 4.78 is 6.52. The van der Waals surface area contributed by atoms with Gasteiger partial charge in [0.05, 0.1) is 18.1 Å². The van der Waals surface area contributed by atoms with E-state index in [0.717, 1.165) is 6.42 Å². The number of benzene rings is 2. The predicted molar refractivity (Wildman–Crippen MR) is 119 cm³/mol. The summed E-state index contributed by atoms with van der Waals surface area (Å²) in [5, 5.41) is 5.58. The maximum absolute atomic E-state index is 13.1. The zero-order chi connectivity index (χ0) is 22.2. The molecule has 0 aliphatic carbocycles. The van der Waals surface area contributed by atoms with Gasteiger partial charge in [0.15, 0.2) is 0 Å². The lowest BCUT2D eigenvalue weighted by atomic mass is 10.2. The molecule has 0 fully saturated rings. The molecule has 8 heteroatoms. The van der Waals surface area contributed by atoms with Crippen LogP contribution in [0.25, 0.3) is 11.0 Å². The molecule has 0 unspecified atom stereocenters. The standard InChI is InChI=1S/C23H26N4O4/c1-3-14-24-21(28)13-12-19-23(30)27(20-7-5-4-6-18(20)26-19)15-22(29)25-16-8-10-17(31-2)11-9-16/h4-11H,3,12-15H2,1-2H3,(H,24,28)(H,25,29). The molecule has 2 N–H and O–H groups in total. The van der Waals surface area contributed by atoms with Gasteiger partial charge in [0, 0.05) is 25.1 Å². The number of rotatable bonds is 9. The van der Waals surface area contributed by atoms with E-state index in [9.17, 15) is 14.4 Å². The molecule has 0 aliphatic heterocycles. The molecule has 0 saturated heterocycles. The van der Waals surface area contributed by atoms with Gasteiger partial charge in [0.1, 0.15) is 18.0 Å². The first kappa shape index (κ1) is 22.0. The van der Waals surface area contributed by atoms with Crippen molar-refractivity contribution in [1.82, 2.24) is 14.9 Å². The Hall–Kier alpha value is -3.68. The molecule has 162 valence electrons. The Morgan fingerprint density at radius 3 is 2.52 bits per heavy atom. The second kappa shape index (κ2) is 10.4. The van der Waals surface area contributed by atoms with Crippen LogP contribution in [0.2, 0.25) is 0 Å². The maximum Gasteiger partial charge on any atom is 0.273 e. The van der Waals surface area contributed by atoms with Gasteiger partial charge in [0.2, 0.25) is 11.8 Å². The molecule has 2 aromatic carbocycles. The largest absolute Gasteiger partial charge is 0.497 e. The van der Waals surface area contributed by atoms with Crippen LogP contribution in [0, 0.1) is 0 Å². The van der Waals surface area contributed by atoms with Crippen molar-refractivity contribution in [2.45, 2.75) is 32.7 Å². The number of fused-ring (bicyclic) bond motifs is 1. The van der Waals surface area contributed by atoms with Crippen molar-refractivity contribution in [3.63, 3.8) is 0 Å². The Bertz CT molecular complexity index is 1120. The van der Waals surface area contributed by atoms with Gasteiger partial charge in [-0.05, 0) is 42.8 Å². The number of aryl methyl sites for hydroxylation is 1. The number of hydrogen-bond donors (Lipinski definition) is 2. The molecule has 8 nitrogen and oxygen atoms in total. The van der Waals surface area contributed by atoms with Crippen LogP contribution in [0.4, 0.5) is 5.69 Å². The van der Waals surface area contributed by atoms with E-state index < -0.39 is 0 Å². The summed E-state index contributed by atoms with van der Waals surface area (Å²) in [7, 11) is 1.57. The van der Waals surface area contributed by atoms with Crippen LogP contribution < -0.4 is 20.9 Å². The molecule has 0 saturated carbocycles. The highest BCUT2D eigenvalue weighted by Crippen LogP contribution is 2.15. The molecule has 0 radical (unpaired) electrons. The minimum absolute atomic E-state index is 0.125. The maximum atomic E-state index is 13.1. The lowest BCUT2D eigenvalue weighted by Crippen LogP contribution is -2.32. The number of methoxy groups -OCH3 is 1. The fourth-order valence-electron chi connectivity index (χ4n) is 3.17. The molecule has 0 spiro atoms. The Kier molecular flexibility index (Phi) is 7.37. The number of nitrogens with one attached hydrogen (secondary N) is 2. The molecule has 2 amide bonds. The second-order valence-electron chi connectivity index (χ2n) is 7.07. The highest BCUT2D eigenvalue weighted by Gasteiger charge is 2.15. The van der Waals surface area contributed by atoms with Crippen molar-refractivity contribution in [1.29, 1.82) is 0 Å². The Labute approximate surface area is 180 Å². The monoisotopic (exact) mass is 422 g/mol. The number of para-hydroxylation sites is 2. The first-order chi connectivity index (χ1) is 15.0. The molecule has 3 rings (SSSR count). The normalized spacial score (nSPS) is 10.6. The van der Waals surface area contributed by atoms with Crippen molar-refractivity contribution in [2.75, 3.05) is 19.0 Å². The summed E-state index contributed by atoms with van der Waals surface area (Å²) in [5.74, 6) is 0.220.